The summed E-state index contributed by atoms with van der Waals surface area (Å²) >= 11 is 0. The summed E-state index contributed by atoms with van der Waals surface area (Å²) in [4.78, 5) is 0. The summed E-state index contributed by atoms with van der Waals surface area (Å²) in [5.41, 5.74) is 0. The molecule has 0 heterocycles. The monoisotopic (exact) mass is 464 g/mol. The van der Waals surface area contributed by atoms with Gasteiger partial charge in [-0.25, -0.2) is 0 Å². The van der Waals surface area contributed by atoms with Crippen molar-refractivity contribution in [2.45, 2.75) is 0 Å². The third-order valence-electron chi connectivity index (χ3n) is 0. The molecule has 0 nitrogen and oxygen atoms in total. The second kappa shape index (κ2) is 37.3. The van der Waals surface area contributed by atoms with E-state index < -0.39 is 0 Å². The van der Waals surface area contributed by atoms with Crippen LogP contribution in [0.15, 0.2) is 0 Å². The Balaban J connectivity index is 0. The molecule has 0 aromatic carbocycles. The third kappa shape index (κ3) is 25.1. The van der Waals surface area contributed by atoms with E-state index in [4.69, 9.17) is 0 Å². The quantitative estimate of drug-likeness (QED) is 0.474. The second-order valence-corrected chi connectivity index (χ2v) is 0. The molecule has 0 bridgehead atoms. The molecule has 0 aliphatic heterocycles. The maximum atomic E-state index is 0. The molecule has 0 saturated heterocycles. The zero-order chi connectivity index (χ0) is 0. The normalized spacial score (nSPS) is 0. The molecule has 0 aliphatic carbocycles. The number of rotatable bonds is 0. The molecule has 0 saturated carbocycles. The van der Waals surface area contributed by atoms with Crippen molar-refractivity contribution in [3.05, 3.63) is 0 Å². The summed E-state index contributed by atoms with van der Waals surface area (Å²) in [6.45, 7) is 0. The molecule has 0 N–H and O–H groups in total. The van der Waals surface area contributed by atoms with Crippen LogP contribution in [0, 0.1) is 36.9 Å². The van der Waals surface area contributed by atoms with Gasteiger partial charge in [-0.2, -0.15) is 0 Å². The van der Waals surface area contributed by atoms with Gasteiger partial charge in [0.2, 0.25) is 0 Å². The Labute approximate surface area is 118 Å². The Kier molecular flexibility index (Phi) is 329. The van der Waals surface area contributed by atoms with Gasteiger partial charge in [-0.05, 0) is 0 Å². The first kappa shape index (κ1) is 52.9. The van der Waals surface area contributed by atoms with Crippen molar-refractivity contribution in [3.8, 4) is 0 Å². The van der Waals surface area contributed by atoms with Gasteiger partial charge in [-0.1, -0.05) is 0 Å². The molecule has 0 spiro atoms. The molecule has 0 rings (SSSR count). The molecule has 0 unspecified atom stereocenters. The van der Waals surface area contributed by atoms with Crippen molar-refractivity contribution >= 4 is 0 Å². The van der Waals surface area contributed by atoms with Crippen molar-refractivity contribution in [3.63, 3.8) is 0 Å². The molecule has 0 aromatic rings. The molecule has 6 heavy (non-hydrogen) atoms. The summed E-state index contributed by atoms with van der Waals surface area (Å²) in [6, 6.07) is 0. The molecular weight excluding hydrogens is 464 g/mol. The van der Waals surface area contributed by atoms with E-state index in [0.29, 0.717) is 0 Å². The van der Waals surface area contributed by atoms with Crippen LogP contribution in [0.1, 0.15) is 0 Å². The number of hydrogen-bond donors (Lipinski definition) is 0. The summed E-state index contributed by atoms with van der Waals surface area (Å²) < 4.78 is 0. The molecule has 0 aliphatic rings. The SMILES string of the molecule is [Co].[Co].[Co].[Co].[Co].[Tm]. The first-order valence-corrected chi connectivity index (χ1v) is 0. The van der Waals surface area contributed by atoms with Crippen molar-refractivity contribution in [1.29, 1.82) is 0 Å². The summed E-state index contributed by atoms with van der Waals surface area (Å²) in [6.07, 6.45) is 0. The average molecular weight is 464 g/mol. The van der Waals surface area contributed by atoms with Gasteiger partial charge in [0.1, 0.15) is 0 Å². The van der Waals surface area contributed by atoms with Crippen LogP contribution in [-0.4, -0.2) is 0 Å². The Hall–Kier alpha value is 3.77. The van der Waals surface area contributed by atoms with E-state index in [1.54, 1.807) is 0 Å². The van der Waals surface area contributed by atoms with Crippen LogP contribution in [0.2, 0.25) is 0 Å². The Morgan fingerprint density at radius 1 is 0.333 bits per heavy atom. The maximum Gasteiger partial charge on any atom is 0 e. The van der Waals surface area contributed by atoms with Gasteiger partial charge in [0.05, 0.1) is 0 Å². The van der Waals surface area contributed by atoms with E-state index in [-0.39, 0.29) is 121 Å². The zero-order valence-corrected chi connectivity index (χ0v) is 8.93. The smallest absolute Gasteiger partial charge is 0 e. The average Bonchev–Trinajstić information content (AvgIpc) is 0. The predicted molar refractivity (Wildman–Crippen MR) is 0 cm³/mol. The van der Waals surface area contributed by atoms with E-state index in [1.165, 1.54) is 0 Å². The minimum atomic E-state index is 0. The Morgan fingerprint density at radius 2 is 0.333 bits per heavy atom. The van der Waals surface area contributed by atoms with Crippen LogP contribution in [0.4, 0.5) is 0 Å². The zero-order valence-electron chi connectivity index (χ0n) is 1.94. The van der Waals surface area contributed by atoms with Crippen LogP contribution in [0.5, 0.6) is 0 Å². The van der Waals surface area contributed by atoms with E-state index in [9.17, 15) is 0 Å². The van der Waals surface area contributed by atoms with Crippen LogP contribution in [0.3, 0.4) is 0 Å². The third-order valence-corrected chi connectivity index (χ3v) is 0. The molecule has 6 heteroatoms. The minimum Gasteiger partial charge on any atom is 0 e. The standard InChI is InChI=1S/5Co.Tm. The molecule has 0 aromatic heterocycles. The van der Waals surface area contributed by atoms with Crippen molar-refractivity contribution in [2.24, 2.45) is 0 Å². The van der Waals surface area contributed by atoms with Crippen LogP contribution >= 0.6 is 0 Å². The van der Waals surface area contributed by atoms with Crippen LogP contribution < -0.4 is 0 Å². The Morgan fingerprint density at radius 3 is 0.333 bits per heavy atom. The van der Waals surface area contributed by atoms with Gasteiger partial charge in [0.25, 0.3) is 0 Å². The summed E-state index contributed by atoms with van der Waals surface area (Å²) in [5, 5.41) is 0. The van der Waals surface area contributed by atoms with Gasteiger partial charge < -0.3 is 0 Å². The van der Waals surface area contributed by atoms with E-state index >= 15 is 0 Å². The van der Waals surface area contributed by atoms with Crippen molar-refractivity contribution in [1.82, 2.24) is 0 Å². The van der Waals surface area contributed by atoms with Crippen LogP contribution in [0.25, 0.3) is 0 Å². The van der Waals surface area contributed by atoms with E-state index in [1.807, 2.05) is 0 Å². The molecule has 6 radical (unpaired) electrons. The molecular formula is Co5Tm. The molecule has 0 atom stereocenters. The Bertz CT molecular complexity index is 3.90. The number of hydrogen-bond acceptors (Lipinski definition) is 0. The minimum absolute atomic E-state index is 0. The fourth-order valence-corrected chi connectivity index (χ4v) is 0. The van der Waals surface area contributed by atoms with Crippen LogP contribution in [-0.2, 0) is 83.9 Å². The fraction of sp³-hybridized carbons (Fsp3) is 0. The van der Waals surface area contributed by atoms with E-state index in [2.05, 4.69) is 0 Å². The maximum absolute atomic E-state index is 0. The van der Waals surface area contributed by atoms with Gasteiger partial charge in [-0.3, -0.25) is 0 Å². The van der Waals surface area contributed by atoms with E-state index in [0.717, 1.165) is 0 Å². The second-order valence-electron chi connectivity index (χ2n) is 0. The topological polar surface area (TPSA) is 0 Å². The van der Waals surface area contributed by atoms with Gasteiger partial charge in [-0.15, -0.1) is 0 Å². The summed E-state index contributed by atoms with van der Waals surface area (Å²) in [7, 11) is 0. The molecule has 58 valence electrons. The predicted octanol–water partition coefficient (Wildman–Crippen LogP) is -0.0125. The van der Waals surface area contributed by atoms with Gasteiger partial charge in [0.15, 0.2) is 0 Å². The van der Waals surface area contributed by atoms with Crippen molar-refractivity contribution < 1.29 is 121 Å². The van der Waals surface area contributed by atoms with Crippen molar-refractivity contribution in [2.75, 3.05) is 0 Å². The fourth-order valence-electron chi connectivity index (χ4n) is 0. The first-order chi connectivity index (χ1) is 0. The van der Waals surface area contributed by atoms with Gasteiger partial charge >= 0.3 is 0 Å². The first-order valence-electron chi connectivity index (χ1n) is 0. The summed E-state index contributed by atoms with van der Waals surface area (Å²) in [5.74, 6) is 0. The largest absolute Gasteiger partial charge is 0 e. The molecule has 0 amide bonds. The van der Waals surface area contributed by atoms with Gasteiger partial charge in [0, 0.05) is 121 Å². The molecule has 0 fully saturated rings.